The average Bonchev–Trinajstić information content (AvgIpc) is 2.87. The van der Waals surface area contributed by atoms with Gasteiger partial charge < -0.3 is 40.5 Å². The summed E-state index contributed by atoms with van der Waals surface area (Å²) in [5.41, 5.74) is 3.97. The van der Waals surface area contributed by atoms with Gasteiger partial charge in [-0.15, -0.1) is 0 Å². The number of Topliss-reactive ketones (excluding diaryl/α,β-unsaturated/α-hetero) is 1. The van der Waals surface area contributed by atoms with Crippen LogP contribution in [0.25, 0.3) is 5.76 Å². The number of ether oxygens (including phenoxy) is 2. The Morgan fingerprint density at radius 2 is 1.80 bits per heavy atom. The van der Waals surface area contributed by atoms with Gasteiger partial charge >= 0.3 is 5.97 Å². The molecular formula is C29H39N3O9. The summed E-state index contributed by atoms with van der Waals surface area (Å²) in [5.74, 6) is -6.19. The summed E-state index contributed by atoms with van der Waals surface area (Å²) in [6, 6.07) is 0.705. The lowest BCUT2D eigenvalue weighted by Crippen LogP contribution is -2.62. The van der Waals surface area contributed by atoms with E-state index >= 15 is 0 Å². The van der Waals surface area contributed by atoms with Crippen molar-refractivity contribution in [1.82, 2.24) is 4.90 Å². The second-order valence-electron chi connectivity index (χ2n) is 11.4. The number of ketones is 1. The fourth-order valence-electron chi connectivity index (χ4n) is 7.01. The summed E-state index contributed by atoms with van der Waals surface area (Å²) in [4.78, 5) is 43.1. The van der Waals surface area contributed by atoms with Gasteiger partial charge in [-0.2, -0.15) is 0 Å². The SMILES string of the molecule is CC[C@]1(O)C(C(N)=O)=C(O)[C@@H](N(C)C)C2CC3Cc4c(N(C)C)cc(C(=O)OCCOC)c(O)c4C(O)=C3C(=O)C21. The molecule has 3 unspecified atom stereocenters. The number of phenolic OH excluding ortho intramolecular Hbond substituents is 1. The summed E-state index contributed by atoms with van der Waals surface area (Å²) in [6.07, 6.45) is 0.428. The molecule has 1 amide bonds. The highest BCUT2D eigenvalue weighted by Gasteiger charge is 2.61. The third kappa shape index (κ3) is 4.63. The lowest BCUT2D eigenvalue weighted by molar-refractivity contribution is -0.141. The molecule has 41 heavy (non-hydrogen) atoms. The van der Waals surface area contributed by atoms with Crippen LogP contribution in [0.3, 0.4) is 0 Å². The standard InChI is InChI=1S/C29H39N3O9/c1-7-29(39)20-15(22(32(4)5)26(36)21(29)27(30)37)11-13-10-14-17(31(2)3)12-16(28(38)41-9-8-40-6)23(33)19(14)24(34)18(13)25(20)35/h12-13,15,20,22,33-34,36,39H,7-11H2,1-6H3,(H2,30,37)/t13?,15?,20?,22-,29+/m0/s1. The van der Waals surface area contributed by atoms with Crippen LogP contribution < -0.4 is 10.6 Å². The maximum absolute atomic E-state index is 14.3. The summed E-state index contributed by atoms with van der Waals surface area (Å²) >= 11 is 0. The molecule has 3 aliphatic rings. The van der Waals surface area contributed by atoms with Crippen LogP contribution in [0.5, 0.6) is 5.75 Å². The Labute approximate surface area is 238 Å². The van der Waals surface area contributed by atoms with Crippen LogP contribution in [0.1, 0.15) is 41.3 Å². The number of aromatic hydroxyl groups is 1. The molecule has 0 saturated heterocycles. The third-order valence-corrected chi connectivity index (χ3v) is 8.72. The summed E-state index contributed by atoms with van der Waals surface area (Å²) in [6.45, 7) is 1.69. The Morgan fingerprint density at radius 1 is 1.15 bits per heavy atom. The number of carbonyl (C=O) groups excluding carboxylic acids is 3. The van der Waals surface area contributed by atoms with Crippen LogP contribution in [0.2, 0.25) is 0 Å². The van der Waals surface area contributed by atoms with Crippen molar-refractivity contribution in [3.63, 3.8) is 0 Å². The van der Waals surface area contributed by atoms with Gasteiger partial charge in [-0.1, -0.05) is 6.92 Å². The molecule has 1 aromatic rings. The molecule has 5 atom stereocenters. The first-order valence-electron chi connectivity index (χ1n) is 13.5. The monoisotopic (exact) mass is 573 g/mol. The number of nitrogens with zero attached hydrogens (tertiary/aromatic N) is 2. The Kier molecular flexibility index (Phi) is 8.14. The first-order valence-corrected chi connectivity index (χ1v) is 13.5. The van der Waals surface area contributed by atoms with E-state index in [1.807, 2.05) is 0 Å². The summed E-state index contributed by atoms with van der Waals surface area (Å²) in [5, 5.41) is 45.9. The van der Waals surface area contributed by atoms with Gasteiger partial charge in [0.05, 0.1) is 29.7 Å². The van der Waals surface area contributed by atoms with Gasteiger partial charge in [-0.25, -0.2) is 4.79 Å². The molecule has 4 rings (SSSR count). The van der Waals surface area contributed by atoms with Gasteiger partial charge in [0.1, 0.15) is 35.0 Å². The Morgan fingerprint density at radius 3 is 2.34 bits per heavy atom. The van der Waals surface area contributed by atoms with E-state index in [-0.39, 0.29) is 54.9 Å². The number of anilines is 1. The van der Waals surface area contributed by atoms with E-state index in [2.05, 4.69) is 0 Å². The fourth-order valence-corrected chi connectivity index (χ4v) is 7.01. The molecule has 0 heterocycles. The molecule has 1 saturated carbocycles. The zero-order valence-corrected chi connectivity index (χ0v) is 24.2. The summed E-state index contributed by atoms with van der Waals surface area (Å²) < 4.78 is 10.1. The van der Waals surface area contributed by atoms with Crippen molar-refractivity contribution in [1.29, 1.82) is 0 Å². The number of primary amides is 1. The Balaban J connectivity index is 1.93. The molecule has 224 valence electrons. The molecule has 12 heteroatoms. The highest BCUT2D eigenvalue weighted by Crippen LogP contribution is 2.56. The molecule has 12 nitrogen and oxygen atoms in total. The predicted octanol–water partition coefficient (Wildman–Crippen LogP) is 1.29. The highest BCUT2D eigenvalue weighted by molar-refractivity contribution is 6.09. The highest BCUT2D eigenvalue weighted by atomic mass is 16.6. The van der Waals surface area contributed by atoms with Crippen molar-refractivity contribution in [2.45, 2.75) is 37.8 Å². The van der Waals surface area contributed by atoms with Crippen LogP contribution in [-0.4, -0.2) is 103 Å². The third-order valence-electron chi connectivity index (χ3n) is 8.72. The van der Waals surface area contributed by atoms with Gasteiger partial charge in [0.2, 0.25) is 0 Å². The van der Waals surface area contributed by atoms with Crippen LogP contribution in [0.4, 0.5) is 5.69 Å². The zero-order valence-electron chi connectivity index (χ0n) is 24.2. The number of methoxy groups -OCH3 is 1. The minimum absolute atomic E-state index is 0.00162. The fraction of sp³-hybridized carbons (Fsp3) is 0.552. The van der Waals surface area contributed by atoms with E-state index in [1.165, 1.54) is 13.2 Å². The van der Waals surface area contributed by atoms with Crippen LogP contribution >= 0.6 is 0 Å². The first-order chi connectivity index (χ1) is 19.2. The van der Waals surface area contributed by atoms with Crippen molar-refractivity contribution >= 4 is 29.1 Å². The quantitative estimate of drug-likeness (QED) is 0.223. The molecule has 1 aromatic carbocycles. The minimum Gasteiger partial charge on any atom is -0.510 e. The topological polar surface area (TPSA) is 183 Å². The van der Waals surface area contributed by atoms with E-state index in [0.717, 1.165) is 0 Å². The molecular weight excluding hydrogens is 534 g/mol. The number of benzene rings is 1. The molecule has 0 aromatic heterocycles. The molecule has 1 fully saturated rings. The smallest absolute Gasteiger partial charge is 0.342 e. The van der Waals surface area contributed by atoms with Crippen molar-refractivity contribution in [3.8, 4) is 5.75 Å². The molecule has 0 aliphatic heterocycles. The second kappa shape index (κ2) is 11.0. The normalized spacial score (nSPS) is 27.4. The molecule has 0 bridgehead atoms. The van der Waals surface area contributed by atoms with Crippen LogP contribution in [-0.2, 0) is 25.5 Å². The number of carbonyl (C=O) groups is 3. The van der Waals surface area contributed by atoms with Gasteiger partial charge in [0, 0.05) is 32.5 Å². The maximum Gasteiger partial charge on any atom is 0.342 e. The van der Waals surface area contributed by atoms with E-state index in [9.17, 15) is 34.8 Å². The Bertz CT molecular complexity index is 1350. The van der Waals surface area contributed by atoms with Crippen molar-refractivity contribution < 1.29 is 44.3 Å². The lowest BCUT2D eigenvalue weighted by atomic mass is 9.54. The molecule has 6 N–H and O–H groups in total. The largest absolute Gasteiger partial charge is 0.510 e. The van der Waals surface area contributed by atoms with Crippen LogP contribution in [0, 0.1) is 17.8 Å². The number of hydrogen-bond acceptors (Lipinski definition) is 11. The number of rotatable bonds is 8. The number of esters is 1. The van der Waals surface area contributed by atoms with Gasteiger partial charge in [-0.3, -0.25) is 14.5 Å². The number of likely N-dealkylation sites (N-methyl/N-ethyl adjacent to an activating group) is 1. The molecule has 3 aliphatic carbocycles. The van der Waals surface area contributed by atoms with E-state index < -0.39 is 64.1 Å². The number of allylic oxidation sites excluding steroid dienone is 1. The first kappa shape index (κ1) is 30.4. The summed E-state index contributed by atoms with van der Waals surface area (Å²) in [7, 11) is 8.36. The Hall–Kier alpha value is -3.61. The zero-order chi connectivity index (χ0) is 30.5. The van der Waals surface area contributed by atoms with Gasteiger partial charge in [0.25, 0.3) is 5.91 Å². The number of fused-ring (bicyclic) bond motifs is 3. The average molecular weight is 574 g/mol. The molecule has 0 spiro atoms. The number of aliphatic hydroxyl groups is 3. The number of hydrogen-bond donors (Lipinski definition) is 5. The molecule has 0 radical (unpaired) electrons. The van der Waals surface area contributed by atoms with Crippen molar-refractivity contribution in [2.75, 3.05) is 53.4 Å². The number of phenols is 1. The van der Waals surface area contributed by atoms with Gasteiger partial charge in [-0.05, 0) is 56.8 Å². The van der Waals surface area contributed by atoms with E-state index in [0.29, 0.717) is 11.3 Å². The number of aliphatic hydroxyl groups excluding tert-OH is 2. The van der Waals surface area contributed by atoms with Crippen molar-refractivity contribution in [3.05, 3.63) is 39.7 Å². The van der Waals surface area contributed by atoms with Gasteiger partial charge in [0.15, 0.2) is 5.78 Å². The van der Waals surface area contributed by atoms with Crippen molar-refractivity contribution in [2.24, 2.45) is 23.5 Å². The maximum atomic E-state index is 14.3. The lowest BCUT2D eigenvalue weighted by Gasteiger charge is -2.53. The number of amides is 1. The predicted molar refractivity (Wildman–Crippen MR) is 150 cm³/mol. The van der Waals surface area contributed by atoms with E-state index in [4.69, 9.17) is 15.2 Å². The second-order valence-corrected chi connectivity index (χ2v) is 11.4. The number of nitrogens with two attached hydrogens (primary N) is 1. The van der Waals surface area contributed by atoms with E-state index in [1.54, 1.807) is 44.9 Å². The van der Waals surface area contributed by atoms with Crippen LogP contribution in [0.15, 0.2) is 23.0 Å². The minimum atomic E-state index is -2.08.